The largest absolute Gasteiger partial charge is 0.308 e. The van der Waals surface area contributed by atoms with Crippen LogP contribution in [-0.4, -0.2) is 16.2 Å². The van der Waals surface area contributed by atoms with Gasteiger partial charge in [-0.3, -0.25) is 9.97 Å². The van der Waals surface area contributed by atoms with Crippen molar-refractivity contribution in [2.75, 3.05) is 0 Å². The van der Waals surface area contributed by atoms with Crippen LogP contribution in [0.2, 0.25) is 0 Å². The maximum Gasteiger partial charge on any atom is 0.0980 e. The molecule has 3 heteroatoms. The van der Waals surface area contributed by atoms with E-state index in [1.54, 1.807) is 12.3 Å². The smallest absolute Gasteiger partial charge is 0.0980 e. The molecule has 0 aliphatic carbocycles. The van der Waals surface area contributed by atoms with E-state index in [-0.39, 0.29) is 0 Å². The second kappa shape index (κ2) is 8.97. The molecule has 0 bridgehead atoms. The fraction of sp³-hybridized carbons (Fsp3) is 0.312. The van der Waals surface area contributed by atoms with Crippen LogP contribution in [-0.2, 0) is 0 Å². The minimum atomic E-state index is 0.757. The van der Waals surface area contributed by atoms with Gasteiger partial charge in [0.2, 0.25) is 0 Å². The van der Waals surface area contributed by atoms with Gasteiger partial charge in [0.15, 0.2) is 0 Å². The number of fused-ring (bicyclic) bond motifs is 1. The van der Waals surface area contributed by atoms with Crippen LogP contribution in [0.3, 0.4) is 0 Å². The second-order valence-corrected chi connectivity index (χ2v) is 3.24. The lowest BCUT2D eigenvalue weighted by Crippen LogP contribution is -1.98. The van der Waals surface area contributed by atoms with Crippen LogP contribution in [0.5, 0.6) is 0 Å². The van der Waals surface area contributed by atoms with E-state index in [1.807, 2.05) is 46.8 Å². The van der Waals surface area contributed by atoms with Crippen molar-refractivity contribution in [3.05, 3.63) is 41.7 Å². The van der Waals surface area contributed by atoms with Gasteiger partial charge in [-0.15, -0.1) is 0 Å². The van der Waals surface area contributed by atoms with E-state index in [1.165, 1.54) is 6.21 Å². The first kappa shape index (κ1) is 17.0. The van der Waals surface area contributed by atoms with Gasteiger partial charge < -0.3 is 5.41 Å². The summed E-state index contributed by atoms with van der Waals surface area (Å²) >= 11 is 0. The van der Waals surface area contributed by atoms with Crippen molar-refractivity contribution in [3.63, 3.8) is 0 Å². The summed E-state index contributed by atoms with van der Waals surface area (Å²) in [4.78, 5) is 8.66. The monoisotopic (exact) mass is 257 g/mol. The van der Waals surface area contributed by atoms with Crippen LogP contribution in [0, 0.1) is 12.3 Å². The Morgan fingerprint density at radius 3 is 2.32 bits per heavy atom. The topological polar surface area (TPSA) is 49.6 Å². The molecule has 0 amide bonds. The van der Waals surface area contributed by atoms with Crippen LogP contribution in [0.15, 0.2) is 24.9 Å². The summed E-state index contributed by atoms with van der Waals surface area (Å²) in [6.45, 7) is 13.6. The zero-order valence-corrected chi connectivity index (χ0v) is 12.5. The van der Waals surface area contributed by atoms with E-state index in [9.17, 15) is 0 Å². The first-order valence-electron chi connectivity index (χ1n) is 6.66. The Morgan fingerprint density at radius 1 is 1.16 bits per heavy atom. The molecule has 0 saturated carbocycles. The lowest BCUT2D eigenvalue weighted by atomic mass is 10.1. The third-order valence-corrected chi connectivity index (χ3v) is 2.36. The molecule has 2 aromatic rings. The molecular weight excluding hydrogens is 234 g/mol. The fourth-order valence-electron chi connectivity index (χ4n) is 1.66. The van der Waals surface area contributed by atoms with E-state index in [4.69, 9.17) is 5.41 Å². The summed E-state index contributed by atoms with van der Waals surface area (Å²) in [6.07, 6.45) is 4.73. The van der Waals surface area contributed by atoms with E-state index in [0.717, 1.165) is 27.9 Å². The molecule has 2 rings (SSSR count). The number of hydrogen-bond acceptors (Lipinski definition) is 3. The Morgan fingerprint density at radius 2 is 1.79 bits per heavy atom. The Hall–Kier alpha value is -2.03. The number of pyridine rings is 2. The fourth-order valence-corrected chi connectivity index (χ4v) is 1.66. The van der Waals surface area contributed by atoms with Gasteiger partial charge in [0.1, 0.15) is 0 Å². The van der Waals surface area contributed by atoms with E-state index >= 15 is 0 Å². The van der Waals surface area contributed by atoms with Crippen LogP contribution >= 0.6 is 0 Å². The molecular formula is C16H23N3. The first-order chi connectivity index (χ1) is 9.27. The van der Waals surface area contributed by atoms with Gasteiger partial charge in [0.25, 0.3) is 0 Å². The molecule has 0 aliphatic rings. The van der Waals surface area contributed by atoms with Crippen molar-refractivity contribution in [2.45, 2.75) is 34.6 Å². The molecule has 19 heavy (non-hydrogen) atoms. The average Bonchev–Trinajstić information content (AvgIpc) is 2.49. The van der Waals surface area contributed by atoms with Crippen LogP contribution in [0.25, 0.3) is 17.1 Å². The number of rotatable bonds is 2. The SMILES string of the molecule is C=Cc1c(C)nc2cccnc2c1C=N.CC.CC. The maximum absolute atomic E-state index is 7.43. The standard InChI is InChI=1S/C12H11N3.2C2H6/c1-3-9-8(2)15-11-5-4-6-14-12(11)10(9)7-13;2*1-2/h3-7,13H,1H2,2H3;2*1-2H3. The van der Waals surface area contributed by atoms with Crippen LogP contribution < -0.4 is 0 Å². The van der Waals surface area contributed by atoms with Crippen molar-refractivity contribution in [2.24, 2.45) is 0 Å². The average molecular weight is 257 g/mol. The zero-order valence-electron chi connectivity index (χ0n) is 12.5. The molecule has 3 nitrogen and oxygen atoms in total. The first-order valence-corrected chi connectivity index (χ1v) is 6.66. The van der Waals surface area contributed by atoms with Crippen molar-refractivity contribution in [1.29, 1.82) is 5.41 Å². The third-order valence-electron chi connectivity index (χ3n) is 2.36. The summed E-state index contributed by atoms with van der Waals surface area (Å²) in [5, 5.41) is 7.43. The molecule has 0 saturated heterocycles. The van der Waals surface area contributed by atoms with Crippen molar-refractivity contribution in [1.82, 2.24) is 9.97 Å². The molecule has 1 N–H and O–H groups in total. The molecule has 0 aromatic carbocycles. The Kier molecular flexibility index (Phi) is 8.02. The number of hydrogen-bond donors (Lipinski definition) is 1. The highest BCUT2D eigenvalue weighted by Crippen LogP contribution is 2.20. The third kappa shape index (κ3) is 3.71. The molecule has 0 fully saturated rings. The summed E-state index contributed by atoms with van der Waals surface area (Å²) in [7, 11) is 0. The van der Waals surface area contributed by atoms with Gasteiger partial charge in [-0.05, 0) is 19.1 Å². The summed E-state index contributed by atoms with van der Waals surface area (Å²) in [5.41, 5.74) is 4.13. The molecule has 2 aromatic heterocycles. The van der Waals surface area contributed by atoms with Gasteiger partial charge in [0.05, 0.1) is 11.0 Å². The van der Waals surface area contributed by atoms with Gasteiger partial charge in [-0.25, -0.2) is 0 Å². The number of aromatic nitrogens is 2. The maximum atomic E-state index is 7.43. The number of aryl methyl sites for hydroxylation is 1. The minimum Gasteiger partial charge on any atom is -0.308 e. The van der Waals surface area contributed by atoms with Crippen LogP contribution in [0.1, 0.15) is 44.5 Å². The van der Waals surface area contributed by atoms with Gasteiger partial charge in [-0.2, -0.15) is 0 Å². The van der Waals surface area contributed by atoms with Gasteiger partial charge in [-0.1, -0.05) is 40.3 Å². The summed E-state index contributed by atoms with van der Waals surface area (Å²) < 4.78 is 0. The normalized spacial score (nSPS) is 8.68. The van der Waals surface area contributed by atoms with Crippen LogP contribution in [0.4, 0.5) is 0 Å². The van der Waals surface area contributed by atoms with E-state index in [0.29, 0.717) is 0 Å². The zero-order chi connectivity index (χ0) is 14.8. The number of nitrogens with zero attached hydrogens (tertiary/aromatic N) is 2. The van der Waals surface area contributed by atoms with Gasteiger partial charge >= 0.3 is 0 Å². The van der Waals surface area contributed by atoms with E-state index < -0.39 is 0 Å². The highest BCUT2D eigenvalue weighted by atomic mass is 14.8. The highest BCUT2D eigenvalue weighted by molar-refractivity contribution is 5.98. The molecule has 0 atom stereocenters. The quantitative estimate of drug-likeness (QED) is 0.797. The lowest BCUT2D eigenvalue weighted by Gasteiger charge is -2.07. The predicted molar refractivity (Wildman–Crippen MR) is 84.9 cm³/mol. The minimum absolute atomic E-state index is 0.757. The molecule has 0 aliphatic heterocycles. The molecule has 0 unspecified atom stereocenters. The Bertz CT molecular complexity index is 545. The Labute approximate surface area is 115 Å². The van der Waals surface area contributed by atoms with Crippen molar-refractivity contribution < 1.29 is 0 Å². The summed E-state index contributed by atoms with van der Waals surface area (Å²) in [5.74, 6) is 0. The predicted octanol–water partition coefficient (Wildman–Crippen LogP) is 4.63. The molecule has 102 valence electrons. The molecule has 0 spiro atoms. The van der Waals surface area contributed by atoms with Crippen molar-refractivity contribution >= 4 is 23.3 Å². The molecule has 2 heterocycles. The van der Waals surface area contributed by atoms with Crippen molar-refractivity contribution in [3.8, 4) is 0 Å². The van der Waals surface area contributed by atoms with E-state index in [2.05, 4.69) is 16.5 Å². The summed E-state index contributed by atoms with van der Waals surface area (Å²) in [6, 6.07) is 3.74. The lowest BCUT2D eigenvalue weighted by molar-refractivity contribution is 1.22. The highest BCUT2D eigenvalue weighted by Gasteiger charge is 2.08. The Balaban J connectivity index is 0.000000741. The number of nitrogens with one attached hydrogen (secondary N) is 1. The molecule has 0 radical (unpaired) electrons. The van der Waals surface area contributed by atoms with Gasteiger partial charge in [0, 0.05) is 29.2 Å². The second-order valence-electron chi connectivity index (χ2n) is 3.24.